The molecular formula is C25H34N2O2. The molecule has 1 unspecified atom stereocenters. The number of nitrogens with zero attached hydrogens (tertiary/aromatic N) is 2. The number of esters is 1. The van der Waals surface area contributed by atoms with Crippen LogP contribution in [-0.4, -0.2) is 15.9 Å². The predicted octanol–water partition coefficient (Wildman–Crippen LogP) is 6.31. The fourth-order valence-electron chi connectivity index (χ4n) is 4.20. The summed E-state index contributed by atoms with van der Waals surface area (Å²) in [6, 6.07) is 7.40. The average Bonchev–Trinajstić information content (AvgIpc) is 2.73. The Labute approximate surface area is 175 Å². The minimum absolute atomic E-state index is 0.311. The predicted molar refractivity (Wildman–Crippen MR) is 117 cm³/mol. The maximum absolute atomic E-state index is 11.0. The van der Waals surface area contributed by atoms with Crippen LogP contribution < -0.4 is 4.74 Å². The van der Waals surface area contributed by atoms with E-state index in [9.17, 15) is 4.79 Å². The Morgan fingerprint density at radius 1 is 1.07 bits per heavy atom. The highest BCUT2D eigenvalue weighted by Gasteiger charge is 2.20. The first kappa shape index (κ1) is 21.5. The van der Waals surface area contributed by atoms with Crippen molar-refractivity contribution in [3.8, 4) is 17.1 Å². The number of benzene rings is 1. The zero-order valence-electron chi connectivity index (χ0n) is 18.0. The summed E-state index contributed by atoms with van der Waals surface area (Å²) in [7, 11) is 0. The highest BCUT2D eigenvalue weighted by atomic mass is 16.5. The molecule has 29 heavy (non-hydrogen) atoms. The van der Waals surface area contributed by atoms with Gasteiger partial charge < -0.3 is 4.74 Å². The summed E-state index contributed by atoms with van der Waals surface area (Å²) in [5.74, 6) is 1.78. The number of carbonyl (C=O) groups excluding carboxylic acids is 1. The van der Waals surface area contributed by atoms with Crippen LogP contribution in [0.4, 0.5) is 0 Å². The van der Waals surface area contributed by atoms with E-state index in [1.807, 2.05) is 18.3 Å². The van der Waals surface area contributed by atoms with Gasteiger partial charge >= 0.3 is 5.97 Å². The van der Waals surface area contributed by atoms with Crippen LogP contribution in [0.25, 0.3) is 11.4 Å². The third-order valence-electron chi connectivity index (χ3n) is 5.84. The van der Waals surface area contributed by atoms with Gasteiger partial charge in [-0.1, -0.05) is 58.3 Å². The number of hydrogen-bond donors (Lipinski definition) is 0. The number of fused-ring (bicyclic) bond motifs is 1. The highest BCUT2D eigenvalue weighted by molar-refractivity contribution is 5.69. The van der Waals surface area contributed by atoms with Crippen LogP contribution in [-0.2, 0) is 17.6 Å². The number of hydrogen-bond acceptors (Lipinski definition) is 4. The van der Waals surface area contributed by atoms with Crippen molar-refractivity contribution in [1.82, 2.24) is 9.97 Å². The molecule has 1 aromatic heterocycles. The Kier molecular flexibility index (Phi) is 8.21. The molecule has 1 heterocycles. The average molecular weight is 395 g/mol. The second-order valence-corrected chi connectivity index (χ2v) is 8.30. The molecule has 0 bridgehead atoms. The molecule has 0 radical (unpaired) electrons. The minimum Gasteiger partial charge on any atom is -0.427 e. The Hall–Kier alpha value is -2.23. The summed E-state index contributed by atoms with van der Waals surface area (Å²) in [5, 5.41) is 0. The van der Waals surface area contributed by atoms with Gasteiger partial charge in [0.1, 0.15) is 5.75 Å². The Balaban J connectivity index is 1.49. The summed E-state index contributed by atoms with van der Waals surface area (Å²) in [6.07, 6.45) is 16.4. The van der Waals surface area contributed by atoms with Crippen molar-refractivity contribution in [2.24, 2.45) is 5.92 Å². The fourth-order valence-corrected chi connectivity index (χ4v) is 4.20. The number of rotatable bonds is 10. The first-order valence-electron chi connectivity index (χ1n) is 11.3. The van der Waals surface area contributed by atoms with Crippen LogP contribution >= 0.6 is 0 Å². The van der Waals surface area contributed by atoms with Crippen molar-refractivity contribution in [3.63, 3.8) is 0 Å². The van der Waals surface area contributed by atoms with E-state index in [0.717, 1.165) is 30.1 Å². The molecule has 1 atom stereocenters. The largest absolute Gasteiger partial charge is 0.427 e. The molecule has 156 valence electrons. The van der Waals surface area contributed by atoms with Crippen LogP contribution in [0.5, 0.6) is 5.75 Å². The molecule has 0 spiro atoms. The first-order chi connectivity index (χ1) is 14.2. The van der Waals surface area contributed by atoms with Crippen LogP contribution in [0.2, 0.25) is 0 Å². The molecule has 1 aliphatic rings. The molecule has 4 heteroatoms. The molecule has 0 saturated carbocycles. The lowest BCUT2D eigenvalue weighted by molar-refractivity contribution is -0.131. The van der Waals surface area contributed by atoms with Gasteiger partial charge in [-0.05, 0) is 55.0 Å². The Morgan fingerprint density at radius 3 is 2.52 bits per heavy atom. The van der Waals surface area contributed by atoms with Gasteiger partial charge in [-0.15, -0.1) is 0 Å². The monoisotopic (exact) mass is 394 g/mol. The lowest BCUT2D eigenvalue weighted by atomic mass is 9.84. The van der Waals surface area contributed by atoms with E-state index < -0.39 is 0 Å². The van der Waals surface area contributed by atoms with E-state index >= 15 is 0 Å². The molecule has 0 saturated heterocycles. The third-order valence-corrected chi connectivity index (χ3v) is 5.84. The summed E-state index contributed by atoms with van der Waals surface area (Å²) in [4.78, 5) is 20.5. The van der Waals surface area contributed by atoms with Crippen molar-refractivity contribution in [1.29, 1.82) is 0 Å². The minimum atomic E-state index is -0.311. The quantitative estimate of drug-likeness (QED) is 0.269. The second-order valence-electron chi connectivity index (χ2n) is 8.30. The van der Waals surface area contributed by atoms with E-state index in [2.05, 4.69) is 11.9 Å². The van der Waals surface area contributed by atoms with Gasteiger partial charge in [0, 0.05) is 24.4 Å². The molecule has 0 N–H and O–H groups in total. The van der Waals surface area contributed by atoms with Gasteiger partial charge in [0.05, 0.1) is 0 Å². The summed E-state index contributed by atoms with van der Waals surface area (Å²) in [5.41, 5.74) is 3.48. The van der Waals surface area contributed by atoms with Crippen molar-refractivity contribution in [2.45, 2.75) is 84.5 Å². The summed E-state index contributed by atoms with van der Waals surface area (Å²) >= 11 is 0. The second kappa shape index (κ2) is 11.1. The summed E-state index contributed by atoms with van der Waals surface area (Å²) < 4.78 is 5.09. The topological polar surface area (TPSA) is 52.1 Å². The number of carbonyl (C=O) groups is 1. The fraction of sp³-hybridized carbons (Fsp3) is 0.560. The molecule has 3 rings (SSSR count). The van der Waals surface area contributed by atoms with E-state index in [1.54, 1.807) is 12.1 Å². The molecule has 2 aromatic rings. The molecule has 0 fully saturated rings. The smallest absolute Gasteiger partial charge is 0.308 e. The third kappa shape index (κ3) is 6.66. The number of unbranched alkanes of at least 4 members (excludes halogenated alkanes) is 6. The SMILES string of the molecule is CCCCCCCCCC1CCc2nc(-c3ccc(OC(C)=O)cc3)ncc2C1. The Morgan fingerprint density at radius 2 is 1.79 bits per heavy atom. The van der Waals surface area contributed by atoms with Crippen molar-refractivity contribution < 1.29 is 9.53 Å². The van der Waals surface area contributed by atoms with Gasteiger partial charge in [-0.25, -0.2) is 9.97 Å². The molecule has 0 aliphatic heterocycles. The zero-order chi connectivity index (χ0) is 20.5. The van der Waals surface area contributed by atoms with Gasteiger partial charge in [0.25, 0.3) is 0 Å². The van der Waals surface area contributed by atoms with E-state index in [1.165, 1.54) is 76.0 Å². The van der Waals surface area contributed by atoms with Crippen LogP contribution in [0.15, 0.2) is 30.5 Å². The molecule has 1 aromatic carbocycles. The number of ether oxygens (including phenoxy) is 1. The highest BCUT2D eigenvalue weighted by Crippen LogP contribution is 2.29. The molecule has 4 nitrogen and oxygen atoms in total. The van der Waals surface area contributed by atoms with Crippen molar-refractivity contribution in [2.75, 3.05) is 0 Å². The maximum atomic E-state index is 11.0. The standard InChI is InChI=1S/C25H34N2O2/c1-3-4-5-6-7-8-9-10-20-11-16-24-22(17-20)18-26-25(27-24)21-12-14-23(15-13-21)29-19(2)28/h12-15,18,20H,3-11,16-17H2,1-2H3. The van der Waals surface area contributed by atoms with Crippen LogP contribution in [0, 0.1) is 5.92 Å². The molecular weight excluding hydrogens is 360 g/mol. The van der Waals surface area contributed by atoms with Gasteiger partial charge in [0.2, 0.25) is 0 Å². The maximum Gasteiger partial charge on any atom is 0.308 e. The lowest BCUT2D eigenvalue weighted by Crippen LogP contribution is -2.16. The lowest BCUT2D eigenvalue weighted by Gasteiger charge is -2.24. The van der Waals surface area contributed by atoms with Gasteiger partial charge in [0.15, 0.2) is 5.82 Å². The number of aryl methyl sites for hydroxylation is 1. The van der Waals surface area contributed by atoms with E-state index in [-0.39, 0.29) is 5.97 Å². The van der Waals surface area contributed by atoms with Gasteiger partial charge in [-0.2, -0.15) is 0 Å². The Bertz CT molecular complexity index is 786. The van der Waals surface area contributed by atoms with Crippen molar-refractivity contribution >= 4 is 5.97 Å². The molecule has 0 amide bonds. The van der Waals surface area contributed by atoms with Gasteiger partial charge in [-0.3, -0.25) is 4.79 Å². The first-order valence-corrected chi connectivity index (χ1v) is 11.3. The summed E-state index contributed by atoms with van der Waals surface area (Å²) in [6.45, 7) is 3.68. The van der Waals surface area contributed by atoms with E-state index in [0.29, 0.717) is 5.75 Å². The van der Waals surface area contributed by atoms with Crippen LogP contribution in [0.1, 0.15) is 82.9 Å². The molecule has 1 aliphatic carbocycles. The normalized spacial score (nSPS) is 15.7. The van der Waals surface area contributed by atoms with Crippen LogP contribution in [0.3, 0.4) is 0 Å². The number of aromatic nitrogens is 2. The van der Waals surface area contributed by atoms with E-state index in [4.69, 9.17) is 9.72 Å². The van der Waals surface area contributed by atoms with Crippen molar-refractivity contribution in [3.05, 3.63) is 41.7 Å². The zero-order valence-corrected chi connectivity index (χ0v) is 18.0.